The Morgan fingerprint density at radius 1 is 1.00 bits per heavy atom. The van der Waals surface area contributed by atoms with E-state index in [4.69, 9.17) is 11.5 Å². The second kappa shape index (κ2) is 6.77. The second-order valence-electron chi connectivity index (χ2n) is 4.52. The summed E-state index contributed by atoms with van der Waals surface area (Å²) in [5.41, 5.74) is 12.7. The number of imidazole rings is 2. The fourth-order valence-electron chi connectivity index (χ4n) is 1.68. The molecule has 0 saturated carbocycles. The Hall–Kier alpha value is -2.52. The Balaban J connectivity index is 1.82. The number of aromatic nitrogens is 4. The van der Waals surface area contributed by atoms with E-state index in [1.54, 1.807) is 12.4 Å². The summed E-state index contributed by atoms with van der Waals surface area (Å²) in [5.74, 6) is -1.65. The van der Waals surface area contributed by atoms with Gasteiger partial charge in [0.2, 0.25) is 0 Å². The Labute approximate surface area is 120 Å². The molecule has 2 rings (SSSR count). The van der Waals surface area contributed by atoms with Crippen LogP contribution in [0.3, 0.4) is 0 Å². The molecule has 9 heteroatoms. The van der Waals surface area contributed by atoms with Gasteiger partial charge in [0.1, 0.15) is 12.1 Å². The van der Waals surface area contributed by atoms with Crippen LogP contribution in [0.15, 0.2) is 25.0 Å². The SMILES string of the molecule is N[C@H](Cc1cnc[nH]1)C(=O)OC(=O)[C@H](N)Cc1cnc[nH]1. The van der Waals surface area contributed by atoms with Crippen molar-refractivity contribution in [2.45, 2.75) is 24.9 Å². The fraction of sp³-hybridized carbons (Fsp3) is 0.333. The van der Waals surface area contributed by atoms with Gasteiger partial charge in [-0.15, -0.1) is 0 Å². The molecule has 0 saturated heterocycles. The molecular formula is C12H16N6O3. The molecule has 0 aliphatic rings. The van der Waals surface area contributed by atoms with Crippen LogP contribution in [0, 0.1) is 0 Å². The molecule has 2 aromatic rings. The molecule has 0 spiro atoms. The van der Waals surface area contributed by atoms with Gasteiger partial charge in [0.25, 0.3) is 0 Å². The largest absolute Gasteiger partial charge is 0.391 e. The molecule has 0 amide bonds. The van der Waals surface area contributed by atoms with Crippen LogP contribution >= 0.6 is 0 Å². The zero-order chi connectivity index (χ0) is 15.2. The van der Waals surface area contributed by atoms with Gasteiger partial charge >= 0.3 is 11.9 Å². The maximum atomic E-state index is 11.7. The highest BCUT2D eigenvalue weighted by Gasteiger charge is 2.24. The fourth-order valence-corrected chi connectivity index (χ4v) is 1.68. The van der Waals surface area contributed by atoms with Crippen LogP contribution in [0.5, 0.6) is 0 Å². The van der Waals surface area contributed by atoms with Crippen molar-refractivity contribution in [1.29, 1.82) is 0 Å². The average molecular weight is 292 g/mol. The van der Waals surface area contributed by atoms with Gasteiger partial charge in [-0.1, -0.05) is 0 Å². The molecule has 0 aliphatic heterocycles. The third-order valence-corrected chi connectivity index (χ3v) is 2.80. The molecule has 0 fully saturated rings. The lowest BCUT2D eigenvalue weighted by molar-refractivity contribution is -0.161. The highest BCUT2D eigenvalue weighted by atomic mass is 16.6. The lowest BCUT2D eigenvalue weighted by Gasteiger charge is -2.12. The van der Waals surface area contributed by atoms with Gasteiger partial charge in [-0.2, -0.15) is 0 Å². The minimum atomic E-state index is -0.964. The standard InChI is InChI=1S/C12H16N6O3/c13-9(1-7-3-15-5-17-7)11(19)21-12(20)10(14)2-8-4-16-6-18-8/h3-6,9-10H,1-2,13-14H2,(H,15,17)(H,16,18)/t9-,10-/m1/s1. The van der Waals surface area contributed by atoms with Gasteiger partial charge in [0.05, 0.1) is 12.7 Å². The predicted octanol–water partition coefficient (Wildman–Crippen LogP) is -1.36. The monoisotopic (exact) mass is 292 g/mol. The number of nitrogens with two attached hydrogens (primary N) is 2. The number of nitrogens with zero attached hydrogens (tertiary/aromatic N) is 2. The summed E-state index contributed by atoms with van der Waals surface area (Å²) in [6.07, 6.45) is 6.42. The third-order valence-electron chi connectivity index (χ3n) is 2.80. The van der Waals surface area contributed by atoms with Crippen LogP contribution in [0.1, 0.15) is 11.4 Å². The third kappa shape index (κ3) is 4.23. The number of hydrogen-bond donors (Lipinski definition) is 4. The van der Waals surface area contributed by atoms with Crippen molar-refractivity contribution in [3.8, 4) is 0 Å². The second-order valence-corrected chi connectivity index (χ2v) is 4.52. The molecule has 0 aliphatic carbocycles. The molecule has 2 aromatic heterocycles. The molecule has 9 nitrogen and oxygen atoms in total. The molecule has 2 heterocycles. The number of hydrogen-bond acceptors (Lipinski definition) is 7. The van der Waals surface area contributed by atoms with Gasteiger partial charge in [0.15, 0.2) is 0 Å². The highest BCUT2D eigenvalue weighted by Crippen LogP contribution is 2.02. The topological polar surface area (TPSA) is 153 Å². The highest BCUT2D eigenvalue weighted by molar-refractivity contribution is 5.90. The van der Waals surface area contributed by atoms with Gasteiger partial charge in [0, 0.05) is 36.6 Å². The van der Waals surface area contributed by atoms with E-state index in [9.17, 15) is 9.59 Å². The van der Waals surface area contributed by atoms with Crippen molar-refractivity contribution in [3.05, 3.63) is 36.4 Å². The number of carbonyl (C=O) groups excluding carboxylic acids is 2. The number of esters is 2. The molecule has 112 valence electrons. The van der Waals surface area contributed by atoms with E-state index in [2.05, 4.69) is 24.7 Å². The Bertz CT molecular complexity index is 528. The van der Waals surface area contributed by atoms with Crippen molar-refractivity contribution >= 4 is 11.9 Å². The van der Waals surface area contributed by atoms with Gasteiger partial charge in [-0.05, 0) is 0 Å². The molecule has 0 radical (unpaired) electrons. The summed E-state index contributed by atoms with van der Waals surface area (Å²) < 4.78 is 4.68. The number of rotatable bonds is 6. The summed E-state index contributed by atoms with van der Waals surface area (Å²) in [7, 11) is 0. The summed E-state index contributed by atoms with van der Waals surface area (Å²) in [4.78, 5) is 36.6. The van der Waals surface area contributed by atoms with Gasteiger partial charge in [-0.25, -0.2) is 19.6 Å². The lowest BCUT2D eigenvalue weighted by atomic mass is 10.1. The molecule has 0 aromatic carbocycles. The zero-order valence-electron chi connectivity index (χ0n) is 11.2. The maximum Gasteiger partial charge on any atom is 0.330 e. The average Bonchev–Trinajstić information content (AvgIpc) is 3.11. The normalized spacial score (nSPS) is 13.6. The van der Waals surface area contributed by atoms with E-state index in [1.807, 2.05) is 0 Å². The van der Waals surface area contributed by atoms with E-state index in [1.165, 1.54) is 12.7 Å². The first-order chi connectivity index (χ1) is 10.1. The molecule has 0 unspecified atom stereocenters. The van der Waals surface area contributed by atoms with Gasteiger partial charge < -0.3 is 26.2 Å². The summed E-state index contributed by atoms with van der Waals surface area (Å²) in [6.45, 7) is 0. The smallest absolute Gasteiger partial charge is 0.330 e. The Morgan fingerprint density at radius 3 is 1.76 bits per heavy atom. The quantitative estimate of drug-likeness (QED) is 0.379. The molecule has 21 heavy (non-hydrogen) atoms. The van der Waals surface area contributed by atoms with Crippen molar-refractivity contribution in [2.75, 3.05) is 0 Å². The van der Waals surface area contributed by atoms with Crippen LogP contribution in [-0.2, 0) is 27.2 Å². The summed E-state index contributed by atoms with van der Waals surface area (Å²) in [6, 6.07) is -1.93. The number of nitrogens with one attached hydrogen (secondary N) is 2. The van der Waals surface area contributed by atoms with Crippen LogP contribution in [-0.4, -0.2) is 44.0 Å². The van der Waals surface area contributed by atoms with Crippen molar-refractivity contribution in [3.63, 3.8) is 0 Å². The first-order valence-electron chi connectivity index (χ1n) is 6.27. The van der Waals surface area contributed by atoms with Crippen molar-refractivity contribution < 1.29 is 14.3 Å². The van der Waals surface area contributed by atoms with Crippen molar-refractivity contribution in [2.24, 2.45) is 11.5 Å². The maximum absolute atomic E-state index is 11.7. The van der Waals surface area contributed by atoms with E-state index in [-0.39, 0.29) is 12.8 Å². The Morgan fingerprint density at radius 2 is 1.43 bits per heavy atom. The number of aromatic amines is 2. The van der Waals surface area contributed by atoms with Crippen LogP contribution in [0.2, 0.25) is 0 Å². The first-order valence-corrected chi connectivity index (χ1v) is 6.27. The first kappa shape index (κ1) is 14.9. The minimum Gasteiger partial charge on any atom is -0.391 e. The summed E-state index contributed by atoms with van der Waals surface area (Å²) >= 11 is 0. The van der Waals surface area contributed by atoms with E-state index >= 15 is 0 Å². The number of carbonyl (C=O) groups is 2. The van der Waals surface area contributed by atoms with E-state index in [0.717, 1.165) is 0 Å². The van der Waals surface area contributed by atoms with Gasteiger partial charge in [-0.3, -0.25) is 0 Å². The predicted molar refractivity (Wildman–Crippen MR) is 71.6 cm³/mol. The number of H-pyrrole nitrogens is 2. The summed E-state index contributed by atoms with van der Waals surface area (Å²) in [5, 5.41) is 0. The van der Waals surface area contributed by atoms with E-state index in [0.29, 0.717) is 11.4 Å². The molecule has 6 N–H and O–H groups in total. The van der Waals surface area contributed by atoms with Crippen LogP contribution < -0.4 is 11.5 Å². The van der Waals surface area contributed by atoms with E-state index < -0.39 is 24.0 Å². The Kier molecular flexibility index (Phi) is 4.80. The van der Waals surface area contributed by atoms with Crippen LogP contribution in [0.4, 0.5) is 0 Å². The molecule has 0 bridgehead atoms. The van der Waals surface area contributed by atoms with Crippen molar-refractivity contribution in [1.82, 2.24) is 19.9 Å². The lowest BCUT2D eigenvalue weighted by Crippen LogP contribution is -2.41. The molecular weight excluding hydrogens is 276 g/mol. The zero-order valence-corrected chi connectivity index (χ0v) is 11.2. The van der Waals surface area contributed by atoms with Crippen LogP contribution in [0.25, 0.3) is 0 Å². The minimum absolute atomic E-state index is 0.196. The molecule has 2 atom stereocenters. The number of ether oxygens (including phenoxy) is 1.